The largest absolute Gasteiger partial charge is 0.482 e. The number of rotatable bonds is 7. The third-order valence-corrected chi connectivity index (χ3v) is 3.88. The van der Waals surface area contributed by atoms with Gasteiger partial charge in [-0.25, -0.2) is 4.79 Å². The van der Waals surface area contributed by atoms with E-state index in [1.54, 1.807) is 43.3 Å². The van der Waals surface area contributed by atoms with Crippen molar-refractivity contribution in [2.24, 2.45) is 0 Å². The molecule has 2 aromatic carbocycles. The average Bonchev–Trinajstić information content (AvgIpc) is 2.59. The molecule has 0 bridgehead atoms. The maximum Gasteiger partial charge on any atom is 0.338 e. The number of esters is 1. The van der Waals surface area contributed by atoms with Crippen LogP contribution in [0.3, 0.4) is 0 Å². The Morgan fingerprint density at radius 2 is 1.81 bits per heavy atom. The predicted molar refractivity (Wildman–Crippen MR) is 102 cm³/mol. The molecule has 0 atom stereocenters. The van der Waals surface area contributed by atoms with Crippen molar-refractivity contribution in [1.82, 2.24) is 0 Å². The van der Waals surface area contributed by atoms with Crippen LogP contribution in [-0.4, -0.2) is 25.1 Å². The first kappa shape index (κ1) is 20.1. The molecule has 7 heteroatoms. The van der Waals surface area contributed by atoms with Gasteiger partial charge >= 0.3 is 5.97 Å². The molecule has 0 aromatic heterocycles. The molecular formula is C19H19Cl2NO4. The van der Waals surface area contributed by atoms with Crippen molar-refractivity contribution < 1.29 is 19.1 Å². The zero-order valence-corrected chi connectivity index (χ0v) is 16.0. The Labute approximate surface area is 162 Å². The Morgan fingerprint density at radius 3 is 2.42 bits per heavy atom. The first-order valence-corrected chi connectivity index (χ1v) is 8.81. The number of amides is 1. The maximum atomic E-state index is 12.0. The van der Waals surface area contributed by atoms with Gasteiger partial charge in [-0.1, -0.05) is 30.1 Å². The van der Waals surface area contributed by atoms with Crippen LogP contribution in [0, 0.1) is 6.92 Å². The lowest BCUT2D eigenvalue weighted by Gasteiger charge is -2.12. The third kappa shape index (κ3) is 5.64. The van der Waals surface area contributed by atoms with Crippen LogP contribution in [0.4, 0.5) is 5.69 Å². The zero-order chi connectivity index (χ0) is 19.1. The summed E-state index contributed by atoms with van der Waals surface area (Å²) in [7, 11) is 0. The van der Waals surface area contributed by atoms with Gasteiger partial charge in [-0.05, 0) is 55.3 Å². The molecule has 0 aliphatic rings. The van der Waals surface area contributed by atoms with Crippen LogP contribution in [0.1, 0.15) is 29.3 Å². The van der Waals surface area contributed by atoms with E-state index in [4.69, 9.17) is 32.7 Å². The summed E-state index contributed by atoms with van der Waals surface area (Å²) >= 11 is 12.0. The molecule has 2 aromatic rings. The lowest BCUT2D eigenvalue weighted by molar-refractivity contribution is -0.118. The molecule has 26 heavy (non-hydrogen) atoms. The van der Waals surface area contributed by atoms with Gasteiger partial charge in [0.25, 0.3) is 5.91 Å². The fourth-order valence-corrected chi connectivity index (χ4v) is 2.82. The van der Waals surface area contributed by atoms with Crippen molar-refractivity contribution in [2.75, 3.05) is 18.5 Å². The summed E-state index contributed by atoms with van der Waals surface area (Å²) in [5.74, 6) is -0.321. The fourth-order valence-electron chi connectivity index (χ4n) is 2.17. The van der Waals surface area contributed by atoms with E-state index in [1.807, 2.05) is 6.92 Å². The van der Waals surface area contributed by atoms with Gasteiger partial charge in [-0.15, -0.1) is 0 Å². The van der Waals surface area contributed by atoms with Gasteiger partial charge < -0.3 is 14.8 Å². The molecule has 0 aliphatic heterocycles. The summed E-state index contributed by atoms with van der Waals surface area (Å²) in [5, 5.41) is 3.53. The van der Waals surface area contributed by atoms with Gasteiger partial charge in [0.2, 0.25) is 0 Å². The number of hydrogen-bond acceptors (Lipinski definition) is 4. The molecule has 0 fully saturated rings. The van der Waals surface area contributed by atoms with E-state index in [2.05, 4.69) is 5.32 Å². The Morgan fingerprint density at radius 1 is 1.12 bits per heavy atom. The second-order valence-electron chi connectivity index (χ2n) is 5.58. The maximum absolute atomic E-state index is 12.0. The van der Waals surface area contributed by atoms with E-state index in [1.165, 1.54) is 0 Å². The SMILES string of the molecule is CCCOC(=O)c1ccc(NC(=O)COc2c(C)cc(Cl)cc2Cl)cc1. The Hall–Kier alpha value is -2.24. The first-order valence-electron chi connectivity index (χ1n) is 8.06. The van der Waals surface area contributed by atoms with Crippen molar-refractivity contribution in [2.45, 2.75) is 20.3 Å². The molecular weight excluding hydrogens is 377 g/mol. The smallest absolute Gasteiger partial charge is 0.338 e. The quantitative estimate of drug-likeness (QED) is 0.677. The number of anilines is 1. The highest BCUT2D eigenvalue weighted by Crippen LogP contribution is 2.31. The van der Waals surface area contributed by atoms with Crippen LogP contribution < -0.4 is 10.1 Å². The molecule has 0 saturated heterocycles. The summed E-state index contributed by atoms with van der Waals surface area (Å²) in [6.07, 6.45) is 0.761. The first-order chi connectivity index (χ1) is 12.4. The van der Waals surface area contributed by atoms with Crippen LogP contribution in [0.15, 0.2) is 36.4 Å². The molecule has 1 amide bonds. The van der Waals surface area contributed by atoms with Crippen molar-refractivity contribution in [1.29, 1.82) is 0 Å². The van der Waals surface area contributed by atoms with E-state index in [-0.39, 0.29) is 18.5 Å². The number of ether oxygens (including phenoxy) is 2. The molecule has 2 rings (SSSR count). The van der Waals surface area contributed by atoms with Gasteiger partial charge in [-0.2, -0.15) is 0 Å². The van der Waals surface area contributed by atoms with Crippen molar-refractivity contribution in [3.8, 4) is 5.75 Å². The summed E-state index contributed by atoms with van der Waals surface area (Å²) in [6, 6.07) is 9.70. The van der Waals surface area contributed by atoms with Gasteiger partial charge in [0, 0.05) is 10.7 Å². The van der Waals surface area contributed by atoms with Crippen molar-refractivity contribution >= 4 is 40.8 Å². The molecule has 0 radical (unpaired) electrons. The van der Waals surface area contributed by atoms with E-state index < -0.39 is 0 Å². The molecule has 5 nitrogen and oxygen atoms in total. The third-order valence-electron chi connectivity index (χ3n) is 3.38. The molecule has 0 saturated carbocycles. The van der Waals surface area contributed by atoms with Crippen LogP contribution in [-0.2, 0) is 9.53 Å². The molecule has 138 valence electrons. The monoisotopic (exact) mass is 395 g/mol. The number of carbonyl (C=O) groups is 2. The van der Waals surface area contributed by atoms with Crippen LogP contribution in [0.5, 0.6) is 5.75 Å². The number of carbonyl (C=O) groups excluding carboxylic acids is 2. The van der Waals surface area contributed by atoms with E-state index >= 15 is 0 Å². The summed E-state index contributed by atoms with van der Waals surface area (Å²) in [6.45, 7) is 3.89. The standard InChI is InChI=1S/C19H19Cl2NO4/c1-3-8-25-19(24)13-4-6-15(7-5-13)22-17(23)11-26-18-12(2)9-14(20)10-16(18)21/h4-7,9-10H,3,8,11H2,1-2H3,(H,22,23). The van der Waals surface area contributed by atoms with E-state index in [0.717, 1.165) is 12.0 Å². The molecule has 0 heterocycles. The topological polar surface area (TPSA) is 64.6 Å². The summed E-state index contributed by atoms with van der Waals surface area (Å²) in [5.41, 5.74) is 1.71. The summed E-state index contributed by atoms with van der Waals surface area (Å²) < 4.78 is 10.5. The normalized spacial score (nSPS) is 10.3. The van der Waals surface area contributed by atoms with Crippen molar-refractivity contribution in [3.63, 3.8) is 0 Å². The van der Waals surface area contributed by atoms with Crippen molar-refractivity contribution in [3.05, 3.63) is 57.6 Å². The summed E-state index contributed by atoms with van der Waals surface area (Å²) in [4.78, 5) is 23.8. The molecule has 0 spiro atoms. The van der Waals surface area contributed by atoms with Crippen LogP contribution in [0.2, 0.25) is 10.0 Å². The minimum absolute atomic E-state index is 0.206. The highest BCUT2D eigenvalue weighted by molar-refractivity contribution is 6.35. The Balaban J connectivity index is 1.91. The second kappa shape index (κ2) is 9.46. The number of aryl methyl sites for hydroxylation is 1. The highest BCUT2D eigenvalue weighted by atomic mass is 35.5. The minimum Gasteiger partial charge on any atom is -0.482 e. The van der Waals surface area contributed by atoms with Gasteiger partial charge in [0.05, 0.1) is 17.2 Å². The number of halogens is 2. The number of nitrogens with one attached hydrogen (secondary N) is 1. The van der Waals surface area contributed by atoms with Crippen LogP contribution in [0.25, 0.3) is 0 Å². The lowest BCUT2D eigenvalue weighted by atomic mass is 10.2. The van der Waals surface area contributed by atoms with E-state index in [0.29, 0.717) is 33.7 Å². The highest BCUT2D eigenvalue weighted by Gasteiger charge is 2.11. The van der Waals surface area contributed by atoms with Gasteiger partial charge in [0.1, 0.15) is 5.75 Å². The minimum atomic E-state index is -0.388. The van der Waals surface area contributed by atoms with E-state index in [9.17, 15) is 9.59 Å². The van der Waals surface area contributed by atoms with Gasteiger partial charge in [-0.3, -0.25) is 4.79 Å². The Bertz CT molecular complexity index is 768. The number of benzene rings is 2. The van der Waals surface area contributed by atoms with Gasteiger partial charge in [0.15, 0.2) is 6.61 Å². The van der Waals surface area contributed by atoms with Crippen LogP contribution >= 0.6 is 23.2 Å². The lowest BCUT2D eigenvalue weighted by Crippen LogP contribution is -2.20. The fraction of sp³-hybridized carbons (Fsp3) is 0.263. The average molecular weight is 396 g/mol. The Kier molecular flexibility index (Phi) is 7.30. The zero-order valence-electron chi connectivity index (χ0n) is 14.5. The molecule has 0 aliphatic carbocycles. The predicted octanol–water partition coefficient (Wildman–Crippen LogP) is 4.89. The molecule has 1 N–H and O–H groups in total. The second-order valence-corrected chi connectivity index (χ2v) is 6.43. The number of hydrogen-bond donors (Lipinski definition) is 1. The molecule has 0 unspecified atom stereocenters.